The number of carbonyl (C=O) groups is 1. The number of esters is 1. The van der Waals surface area contributed by atoms with E-state index in [1.165, 1.54) is 6.33 Å². The van der Waals surface area contributed by atoms with Gasteiger partial charge in [-0.25, -0.2) is 19.7 Å². The van der Waals surface area contributed by atoms with E-state index in [2.05, 4.69) is 15.0 Å². The van der Waals surface area contributed by atoms with Gasteiger partial charge in [0.2, 0.25) is 0 Å². The lowest BCUT2D eigenvalue weighted by Crippen LogP contribution is -2.41. The summed E-state index contributed by atoms with van der Waals surface area (Å²) in [5.74, 6) is 1.69. The van der Waals surface area contributed by atoms with Crippen molar-refractivity contribution in [1.29, 1.82) is 0 Å². The first-order chi connectivity index (χ1) is 25.0. The molecule has 0 saturated carbocycles. The molecule has 12 nitrogen and oxygen atoms in total. The minimum atomic E-state index is -1.15. The lowest BCUT2D eigenvalue weighted by molar-refractivity contribution is -0.155. The predicted octanol–water partition coefficient (Wildman–Crippen LogP) is 5.71. The second-order valence-electron chi connectivity index (χ2n) is 11.9. The number of benzene rings is 4. The van der Waals surface area contributed by atoms with Gasteiger partial charge < -0.3 is 34.2 Å². The van der Waals surface area contributed by atoms with Crippen molar-refractivity contribution < 1.29 is 33.2 Å². The Bertz CT molecular complexity index is 2010. The Balaban J connectivity index is 1.27. The Morgan fingerprint density at radius 3 is 2.04 bits per heavy atom. The summed E-state index contributed by atoms with van der Waals surface area (Å²) in [4.78, 5) is 25.9. The van der Waals surface area contributed by atoms with Gasteiger partial charge in [0.25, 0.3) is 0 Å². The molecule has 1 fully saturated rings. The average molecular weight is 688 g/mol. The molecular weight excluding hydrogens is 650 g/mol. The topological polar surface area (TPSA) is 142 Å². The number of aromatic nitrogens is 4. The van der Waals surface area contributed by atoms with Gasteiger partial charge in [0.1, 0.15) is 53.6 Å². The van der Waals surface area contributed by atoms with Crippen LogP contribution in [0.5, 0.6) is 17.2 Å². The maximum absolute atomic E-state index is 13.0. The summed E-state index contributed by atoms with van der Waals surface area (Å²) in [5, 5.41) is 0. The SMILES string of the molecule is COc1ccc(C(O[C@H]2C[C@H](n3cnc4c(N)ncnc43)O[C@@H]2COC(=O)COc2ccccc2)(c2ccccc2)c2ccc(OC)cc2)cc1. The van der Waals surface area contributed by atoms with Crippen LogP contribution in [0.15, 0.2) is 122 Å². The number of anilines is 1. The van der Waals surface area contributed by atoms with Crippen molar-refractivity contribution in [1.82, 2.24) is 19.5 Å². The van der Waals surface area contributed by atoms with Gasteiger partial charge in [-0.15, -0.1) is 0 Å². The first-order valence-corrected chi connectivity index (χ1v) is 16.4. The molecule has 3 heterocycles. The van der Waals surface area contributed by atoms with Crippen molar-refractivity contribution in [3.8, 4) is 17.2 Å². The standard InChI is InChI=1S/C39H37N5O7/c1-46-29-17-13-27(14-18-29)39(26-9-5-3-6-10-26,28-15-19-30(47-2)20-16-28)51-32-21-34(44-25-43-36-37(40)41-24-42-38(36)44)50-33(32)22-49-35(45)23-48-31-11-7-4-8-12-31/h3-20,24-25,32-34H,21-23H2,1-2H3,(H2,40,41,42)/t32-,33+,34+/m0/s1. The highest BCUT2D eigenvalue weighted by molar-refractivity contribution is 5.81. The number of hydrogen-bond donors (Lipinski definition) is 1. The van der Waals surface area contributed by atoms with Gasteiger partial charge in [-0.1, -0.05) is 72.8 Å². The summed E-state index contributed by atoms with van der Waals surface area (Å²) >= 11 is 0. The number of carbonyl (C=O) groups excluding carboxylic acids is 1. The van der Waals surface area contributed by atoms with Crippen LogP contribution >= 0.6 is 0 Å². The quantitative estimate of drug-likeness (QED) is 0.118. The average Bonchev–Trinajstić information content (AvgIpc) is 3.81. The molecule has 6 aromatic rings. The van der Waals surface area contributed by atoms with Gasteiger partial charge in [-0.05, 0) is 53.1 Å². The minimum Gasteiger partial charge on any atom is -0.497 e. The molecular formula is C39H37N5O7. The molecule has 12 heteroatoms. The second kappa shape index (κ2) is 14.9. The van der Waals surface area contributed by atoms with Crippen molar-refractivity contribution in [2.45, 2.75) is 30.5 Å². The summed E-state index contributed by atoms with van der Waals surface area (Å²) in [5.41, 5.74) is 8.52. The van der Waals surface area contributed by atoms with E-state index in [0.717, 1.165) is 16.7 Å². The number of para-hydroxylation sites is 1. The summed E-state index contributed by atoms with van der Waals surface area (Å²) < 4.78 is 38.3. The van der Waals surface area contributed by atoms with Crippen LogP contribution in [0.2, 0.25) is 0 Å². The summed E-state index contributed by atoms with van der Waals surface area (Å²) in [7, 11) is 3.26. The van der Waals surface area contributed by atoms with Crippen molar-refractivity contribution in [2.24, 2.45) is 0 Å². The van der Waals surface area contributed by atoms with E-state index in [1.54, 1.807) is 37.2 Å². The van der Waals surface area contributed by atoms with Crippen molar-refractivity contribution in [3.63, 3.8) is 0 Å². The highest BCUT2D eigenvalue weighted by Gasteiger charge is 2.47. The van der Waals surface area contributed by atoms with Crippen LogP contribution in [0.1, 0.15) is 29.3 Å². The first-order valence-electron chi connectivity index (χ1n) is 16.4. The van der Waals surface area contributed by atoms with Gasteiger partial charge in [0.15, 0.2) is 18.1 Å². The van der Waals surface area contributed by atoms with Gasteiger partial charge in [0, 0.05) is 6.42 Å². The van der Waals surface area contributed by atoms with Crippen LogP contribution < -0.4 is 19.9 Å². The minimum absolute atomic E-state index is 0.0992. The molecule has 4 aromatic carbocycles. The Labute approximate surface area is 294 Å². The molecule has 1 aliphatic heterocycles. The fourth-order valence-corrected chi connectivity index (χ4v) is 6.36. The van der Waals surface area contributed by atoms with Crippen LogP contribution in [0.3, 0.4) is 0 Å². The molecule has 0 radical (unpaired) electrons. The van der Waals surface area contributed by atoms with E-state index in [-0.39, 0.29) is 19.0 Å². The number of methoxy groups -OCH3 is 2. The van der Waals surface area contributed by atoms with Crippen LogP contribution in [0.4, 0.5) is 5.82 Å². The molecule has 1 saturated heterocycles. The summed E-state index contributed by atoms with van der Waals surface area (Å²) in [6.45, 7) is -0.363. The molecule has 3 atom stereocenters. The molecule has 2 N–H and O–H groups in total. The molecule has 0 unspecified atom stereocenters. The first kappa shape index (κ1) is 33.5. The zero-order valence-electron chi connectivity index (χ0n) is 28.1. The lowest BCUT2D eigenvalue weighted by Gasteiger charge is -2.39. The zero-order chi connectivity index (χ0) is 35.2. The van der Waals surface area contributed by atoms with Gasteiger partial charge in [-0.2, -0.15) is 0 Å². The number of rotatable bonds is 13. The number of ether oxygens (including phenoxy) is 6. The number of imidazole rings is 1. The van der Waals surface area contributed by atoms with Gasteiger partial charge in [-0.3, -0.25) is 4.57 Å². The third kappa shape index (κ3) is 6.91. The molecule has 2 aromatic heterocycles. The van der Waals surface area contributed by atoms with E-state index in [9.17, 15) is 4.79 Å². The molecule has 0 amide bonds. The van der Waals surface area contributed by atoms with Crippen LogP contribution in [-0.4, -0.2) is 65.1 Å². The maximum atomic E-state index is 13.0. The number of fused-ring (bicyclic) bond motifs is 1. The van der Waals surface area contributed by atoms with Crippen LogP contribution in [0.25, 0.3) is 11.2 Å². The largest absolute Gasteiger partial charge is 0.497 e. The molecule has 0 bridgehead atoms. The predicted molar refractivity (Wildman–Crippen MR) is 188 cm³/mol. The fraction of sp³-hybridized carbons (Fsp3) is 0.231. The molecule has 1 aliphatic rings. The van der Waals surface area contributed by atoms with E-state index in [4.69, 9.17) is 34.2 Å². The lowest BCUT2D eigenvalue weighted by atomic mass is 9.79. The molecule has 7 rings (SSSR count). The second-order valence-corrected chi connectivity index (χ2v) is 11.9. The van der Waals surface area contributed by atoms with E-state index < -0.39 is 30.0 Å². The van der Waals surface area contributed by atoms with Gasteiger partial charge >= 0.3 is 5.97 Å². The van der Waals surface area contributed by atoms with Crippen LogP contribution in [0, 0.1) is 0 Å². The van der Waals surface area contributed by atoms with Crippen LogP contribution in [-0.2, 0) is 24.6 Å². The summed E-state index contributed by atoms with van der Waals surface area (Å²) in [6, 6.07) is 34.6. The number of nitrogens with zero attached hydrogens (tertiary/aromatic N) is 4. The highest BCUT2D eigenvalue weighted by atomic mass is 16.6. The summed E-state index contributed by atoms with van der Waals surface area (Å²) in [6.07, 6.45) is 1.47. The van der Waals surface area contributed by atoms with Gasteiger partial charge in [0.05, 0.1) is 26.7 Å². The van der Waals surface area contributed by atoms with Crippen molar-refractivity contribution in [3.05, 3.63) is 139 Å². The Hall–Kier alpha value is -5.98. The monoisotopic (exact) mass is 687 g/mol. The fourth-order valence-electron chi connectivity index (χ4n) is 6.36. The number of nitrogens with two attached hydrogens (primary N) is 1. The highest BCUT2D eigenvalue weighted by Crippen LogP contribution is 2.46. The normalized spacial score (nSPS) is 17.3. The molecule has 51 heavy (non-hydrogen) atoms. The number of nitrogen functional groups attached to an aromatic ring is 1. The van der Waals surface area contributed by atoms with E-state index in [1.807, 2.05) is 97.1 Å². The van der Waals surface area contributed by atoms with Crippen molar-refractivity contribution in [2.75, 3.05) is 33.2 Å². The maximum Gasteiger partial charge on any atom is 0.344 e. The Morgan fingerprint density at radius 1 is 0.804 bits per heavy atom. The third-order valence-electron chi connectivity index (χ3n) is 8.89. The Morgan fingerprint density at radius 2 is 1.41 bits per heavy atom. The smallest absolute Gasteiger partial charge is 0.344 e. The Kier molecular flexibility index (Phi) is 9.77. The van der Waals surface area contributed by atoms with E-state index in [0.29, 0.717) is 34.8 Å². The molecule has 0 aliphatic carbocycles. The third-order valence-corrected chi connectivity index (χ3v) is 8.89. The molecule has 260 valence electrons. The molecule has 0 spiro atoms. The zero-order valence-corrected chi connectivity index (χ0v) is 28.1. The van der Waals surface area contributed by atoms with Crippen molar-refractivity contribution >= 4 is 23.0 Å². The van der Waals surface area contributed by atoms with E-state index >= 15 is 0 Å². The number of hydrogen-bond acceptors (Lipinski definition) is 11.